The van der Waals surface area contributed by atoms with Gasteiger partial charge in [-0.05, 0) is 45.1 Å². The Morgan fingerprint density at radius 2 is 2.00 bits per heavy atom. The fourth-order valence-corrected chi connectivity index (χ4v) is 4.14. The number of hydrogen-bond acceptors (Lipinski definition) is 3. The van der Waals surface area contributed by atoms with Crippen molar-refractivity contribution >= 4 is 54.8 Å². The van der Waals surface area contributed by atoms with E-state index in [2.05, 4.69) is 37.3 Å². The minimum absolute atomic E-state index is 0.0592. The first-order valence-corrected chi connectivity index (χ1v) is 7.62. The summed E-state index contributed by atoms with van der Waals surface area (Å²) in [6.45, 7) is 0. The quantitative estimate of drug-likeness (QED) is 0.593. The maximum absolute atomic E-state index is 5.93. The molecule has 1 heterocycles. The van der Waals surface area contributed by atoms with Gasteiger partial charge in [-0.25, -0.2) is 5.43 Å². The summed E-state index contributed by atoms with van der Waals surface area (Å²) in [5, 5.41) is 2.72. The second kappa shape index (κ2) is 5.82. The maximum atomic E-state index is 5.93. The lowest BCUT2D eigenvalue weighted by Crippen LogP contribution is -2.28. The van der Waals surface area contributed by atoms with Crippen molar-refractivity contribution in [3.63, 3.8) is 0 Å². The highest BCUT2D eigenvalue weighted by molar-refractivity contribution is 9.10. The van der Waals surface area contributed by atoms with Gasteiger partial charge in [-0.2, -0.15) is 0 Å². The van der Waals surface area contributed by atoms with Crippen molar-refractivity contribution in [2.24, 2.45) is 5.84 Å². The first-order chi connectivity index (χ1) is 8.13. The van der Waals surface area contributed by atoms with Crippen LogP contribution in [0.15, 0.2) is 38.6 Å². The highest BCUT2D eigenvalue weighted by Gasteiger charge is 2.19. The van der Waals surface area contributed by atoms with E-state index in [1.165, 1.54) is 0 Å². The van der Waals surface area contributed by atoms with E-state index in [9.17, 15) is 0 Å². The normalized spacial score (nSPS) is 12.7. The third kappa shape index (κ3) is 2.92. The van der Waals surface area contributed by atoms with Crippen LogP contribution in [0.1, 0.15) is 16.5 Å². The second-order valence-electron chi connectivity index (χ2n) is 3.40. The molecule has 0 saturated heterocycles. The molecule has 2 rings (SSSR count). The molecule has 17 heavy (non-hydrogen) atoms. The largest absolute Gasteiger partial charge is 0.271 e. The predicted octanol–water partition coefficient (Wildman–Crippen LogP) is 4.48. The Bertz CT molecular complexity index is 530. The van der Waals surface area contributed by atoms with Crippen molar-refractivity contribution in [3.8, 4) is 0 Å². The molecule has 0 saturated carbocycles. The van der Waals surface area contributed by atoms with E-state index in [1.54, 1.807) is 11.3 Å². The van der Waals surface area contributed by atoms with Crippen LogP contribution in [0.4, 0.5) is 0 Å². The molecule has 1 atom stereocenters. The Hall–Kier alpha value is 0.0900. The molecule has 0 aliphatic rings. The van der Waals surface area contributed by atoms with Crippen molar-refractivity contribution in [2.45, 2.75) is 6.04 Å². The molecule has 1 aromatic heterocycles. The Morgan fingerprint density at radius 3 is 2.53 bits per heavy atom. The average Bonchev–Trinajstić information content (AvgIpc) is 2.69. The van der Waals surface area contributed by atoms with Crippen LogP contribution in [0.2, 0.25) is 5.02 Å². The first kappa shape index (κ1) is 13.5. The Labute approximate surface area is 125 Å². The fourth-order valence-electron chi connectivity index (χ4n) is 1.55. The fraction of sp³-hybridized carbons (Fsp3) is 0.0909. The van der Waals surface area contributed by atoms with Crippen molar-refractivity contribution in [3.05, 3.63) is 54.1 Å². The van der Waals surface area contributed by atoms with Gasteiger partial charge in [0.2, 0.25) is 0 Å². The summed E-state index contributed by atoms with van der Waals surface area (Å²) in [6.07, 6.45) is 0. The Kier molecular flexibility index (Phi) is 4.63. The molecule has 0 aliphatic heterocycles. The molecule has 0 bridgehead atoms. The molecule has 0 amide bonds. The van der Waals surface area contributed by atoms with Gasteiger partial charge in [-0.15, -0.1) is 11.3 Å². The molecule has 1 aromatic carbocycles. The molecular weight excluding hydrogens is 387 g/mol. The molecule has 2 aromatic rings. The minimum atomic E-state index is -0.0592. The molecule has 0 spiro atoms. The highest BCUT2D eigenvalue weighted by Crippen LogP contribution is 2.36. The van der Waals surface area contributed by atoms with Gasteiger partial charge < -0.3 is 0 Å². The number of halogens is 3. The zero-order valence-corrected chi connectivity index (χ0v) is 13.3. The lowest BCUT2D eigenvalue weighted by molar-refractivity contribution is 0.642. The zero-order chi connectivity index (χ0) is 12.4. The number of rotatable bonds is 3. The third-order valence-corrected chi connectivity index (χ3v) is 5.20. The Balaban J connectivity index is 2.46. The number of thiophene rings is 1. The average molecular weight is 397 g/mol. The summed E-state index contributed by atoms with van der Waals surface area (Å²) in [5.41, 5.74) is 3.88. The summed E-state index contributed by atoms with van der Waals surface area (Å²) in [4.78, 5) is 1.13. The van der Waals surface area contributed by atoms with E-state index in [0.717, 1.165) is 19.4 Å². The third-order valence-electron chi connectivity index (χ3n) is 2.35. The van der Waals surface area contributed by atoms with Crippen LogP contribution in [0, 0.1) is 0 Å². The molecular formula is C11H9Br2ClN2S. The van der Waals surface area contributed by atoms with Crippen LogP contribution in [-0.4, -0.2) is 0 Å². The van der Waals surface area contributed by atoms with Crippen LogP contribution < -0.4 is 11.3 Å². The van der Waals surface area contributed by atoms with Crippen LogP contribution in [0.3, 0.4) is 0 Å². The number of nitrogens with two attached hydrogens (primary N) is 1. The lowest BCUT2D eigenvalue weighted by atomic mass is 10.1. The number of nitrogens with one attached hydrogen (secondary N) is 1. The number of hydrogen-bond donors (Lipinski definition) is 2. The zero-order valence-electron chi connectivity index (χ0n) is 8.58. The van der Waals surface area contributed by atoms with Gasteiger partial charge in [-0.3, -0.25) is 5.84 Å². The van der Waals surface area contributed by atoms with Crippen LogP contribution >= 0.6 is 54.8 Å². The van der Waals surface area contributed by atoms with Crippen molar-refractivity contribution in [1.82, 2.24) is 5.43 Å². The summed E-state index contributed by atoms with van der Waals surface area (Å²) >= 11 is 14.6. The predicted molar refractivity (Wildman–Crippen MR) is 80.3 cm³/mol. The molecule has 0 fully saturated rings. The number of benzene rings is 1. The van der Waals surface area contributed by atoms with Gasteiger partial charge in [0.15, 0.2) is 0 Å². The van der Waals surface area contributed by atoms with E-state index < -0.39 is 0 Å². The minimum Gasteiger partial charge on any atom is -0.271 e. The standard InChI is InChI=1S/C11H9Br2ClN2S/c12-8-3-4-17-11(8)10(16-15)7-2-1-6(14)5-9(7)13/h1-5,10,16H,15H2. The van der Waals surface area contributed by atoms with Gasteiger partial charge in [0.05, 0.1) is 6.04 Å². The molecule has 6 heteroatoms. The van der Waals surface area contributed by atoms with Crippen LogP contribution in [0.25, 0.3) is 0 Å². The van der Waals surface area contributed by atoms with E-state index in [4.69, 9.17) is 17.4 Å². The van der Waals surface area contributed by atoms with Gasteiger partial charge in [0.1, 0.15) is 0 Å². The van der Waals surface area contributed by atoms with E-state index >= 15 is 0 Å². The second-order valence-corrected chi connectivity index (χ2v) is 6.49. The molecule has 90 valence electrons. The Morgan fingerprint density at radius 1 is 1.24 bits per heavy atom. The van der Waals surface area contributed by atoms with Crippen molar-refractivity contribution in [1.29, 1.82) is 0 Å². The molecule has 0 radical (unpaired) electrons. The lowest BCUT2D eigenvalue weighted by Gasteiger charge is -2.17. The molecule has 2 nitrogen and oxygen atoms in total. The summed E-state index contributed by atoms with van der Waals surface area (Å²) < 4.78 is 1.99. The van der Waals surface area contributed by atoms with Crippen molar-refractivity contribution < 1.29 is 0 Å². The van der Waals surface area contributed by atoms with Gasteiger partial charge >= 0.3 is 0 Å². The summed E-state index contributed by atoms with van der Waals surface area (Å²) in [7, 11) is 0. The van der Waals surface area contributed by atoms with Gasteiger partial charge in [-0.1, -0.05) is 33.6 Å². The van der Waals surface area contributed by atoms with E-state index in [1.807, 2.05) is 29.6 Å². The molecule has 1 unspecified atom stereocenters. The topological polar surface area (TPSA) is 38.0 Å². The smallest absolute Gasteiger partial charge is 0.0824 e. The van der Waals surface area contributed by atoms with Crippen molar-refractivity contribution in [2.75, 3.05) is 0 Å². The van der Waals surface area contributed by atoms with E-state index in [0.29, 0.717) is 5.02 Å². The summed E-state index contributed by atoms with van der Waals surface area (Å²) in [5.74, 6) is 5.65. The van der Waals surface area contributed by atoms with Crippen LogP contribution in [-0.2, 0) is 0 Å². The summed E-state index contributed by atoms with van der Waals surface area (Å²) in [6, 6.07) is 7.63. The maximum Gasteiger partial charge on any atom is 0.0824 e. The van der Waals surface area contributed by atoms with Crippen LogP contribution in [0.5, 0.6) is 0 Å². The molecule has 3 N–H and O–H groups in total. The van der Waals surface area contributed by atoms with E-state index in [-0.39, 0.29) is 6.04 Å². The number of hydrazine groups is 1. The van der Waals surface area contributed by atoms with Gasteiger partial charge in [0.25, 0.3) is 0 Å². The SMILES string of the molecule is NNC(c1ccc(Cl)cc1Br)c1sccc1Br. The first-order valence-electron chi connectivity index (χ1n) is 4.77. The van der Waals surface area contributed by atoms with Gasteiger partial charge in [0, 0.05) is 18.8 Å². The monoisotopic (exact) mass is 394 g/mol. The highest BCUT2D eigenvalue weighted by atomic mass is 79.9. The molecule has 0 aliphatic carbocycles.